The van der Waals surface area contributed by atoms with E-state index in [0.29, 0.717) is 11.6 Å². The predicted molar refractivity (Wildman–Crippen MR) is 106 cm³/mol. The molecule has 0 saturated heterocycles. The minimum atomic E-state index is -2.02. The zero-order valence-corrected chi connectivity index (χ0v) is 17.2. The van der Waals surface area contributed by atoms with Gasteiger partial charge in [-0.25, -0.2) is 23.1 Å². The molecule has 0 fully saturated rings. The number of aliphatic hydroxyl groups is 1. The van der Waals surface area contributed by atoms with Crippen LogP contribution in [0, 0.1) is 11.6 Å². The summed E-state index contributed by atoms with van der Waals surface area (Å²) >= 11 is 3.31. The third-order valence-electron chi connectivity index (χ3n) is 4.97. The van der Waals surface area contributed by atoms with Crippen molar-refractivity contribution >= 4 is 26.8 Å². The van der Waals surface area contributed by atoms with E-state index in [2.05, 4.69) is 36.3 Å². The molecular weight excluding hydrogens is 462 g/mol. The van der Waals surface area contributed by atoms with Gasteiger partial charge in [-0.1, -0.05) is 27.2 Å². The van der Waals surface area contributed by atoms with Gasteiger partial charge in [0, 0.05) is 16.1 Å². The fourth-order valence-electron chi connectivity index (χ4n) is 3.33. The van der Waals surface area contributed by atoms with Gasteiger partial charge >= 0.3 is 0 Å². The van der Waals surface area contributed by atoms with Crippen molar-refractivity contribution in [2.75, 3.05) is 0 Å². The van der Waals surface area contributed by atoms with Gasteiger partial charge in [-0.3, -0.25) is 4.79 Å². The predicted octanol–water partition coefficient (Wildman–Crippen LogP) is 2.57. The van der Waals surface area contributed by atoms with E-state index in [-0.39, 0.29) is 17.5 Å². The van der Waals surface area contributed by atoms with Crippen molar-refractivity contribution in [1.29, 1.82) is 0 Å². The lowest BCUT2D eigenvalue weighted by Crippen LogP contribution is -2.44. The number of aromatic nitrogens is 6. The molecule has 4 rings (SSSR count). The number of hydrogen-bond acceptors (Lipinski definition) is 6. The zero-order chi connectivity index (χ0) is 21.5. The Bertz CT molecular complexity index is 1280. The molecule has 1 N–H and O–H groups in total. The van der Waals surface area contributed by atoms with Crippen molar-refractivity contribution < 1.29 is 13.9 Å². The summed E-state index contributed by atoms with van der Waals surface area (Å²) in [6, 6.07) is 6.64. The van der Waals surface area contributed by atoms with Gasteiger partial charge in [-0.05, 0) is 31.2 Å². The van der Waals surface area contributed by atoms with Gasteiger partial charge in [-0.2, -0.15) is 5.10 Å². The Hall–Kier alpha value is -3.05. The van der Waals surface area contributed by atoms with Crippen molar-refractivity contribution in [3.05, 3.63) is 81.1 Å². The van der Waals surface area contributed by atoms with Crippen LogP contribution in [0.1, 0.15) is 18.5 Å². The summed E-state index contributed by atoms with van der Waals surface area (Å²) in [5.41, 5.74) is -2.38. The van der Waals surface area contributed by atoms with Crippen LogP contribution in [0.15, 0.2) is 58.3 Å². The lowest BCUT2D eigenvalue weighted by molar-refractivity contribution is -0.0390. The molecule has 0 bridgehead atoms. The van der Waals surface area contributed by atoms with Crippen LogP contribution in [-0.2, 0) is 12.1 Å². The van der Waals surface area contributed by atoms with Crippen molar-refractivity contribution in [3.8, 4) is 0 Å². The summed E-state index contributed by atoms with van der Waals surface area (Å²) in [5.74, 6) is -1.75. The average Bonchev–Trinajstić information content (AvgIpc) is 3.20. The van der Waals surface area contributed by atoms with Crippen LogP contribution in [-0.4, -0.2) is 34.9 Å². The second kappa shape index (κ2) is 7.65. The number of hydrogen-bond donors (Lipinski definition) is 1. The van der Waals surface area contributed by atoms with E-state index in [1.165, 1.54) is 24.3 Å². The molecule has 0 amide bonds. The van der Waals surface area contributed by atoms with Gasteiger partial charge in [0.15, 0.2) is 0 Å². The molecule has 0 saturated carbocycles. The minimum absolute atomic E-state index is 0.212. The number of fused-ring (bicyclic) bond motifs is 1. The van der Waals surface area contributed by atoms with Crippen LogP contribution in [0.2, 0.25) is 0 Å². The third kappa shape index (κ3) is 3.50. The van der Waals surface area contributed by atoms with E-state index in [1.807, 2.05) is 0 Å². The molecule has 0 unspecified atom stereocenters. The Morgan fingerprint density at radius 1 is 1.23 bits per heavy atom. The van der Waals surface area contributed by atoms with Gasteiger partial charge in [0.2, 0.25) is 0 Å². The summed E-state index contributed by atoms with van der Waals surface area (Å²) in [6.45, 7) is 1.24. The Balaban J connectivity index is 1.88. The Kier molecular flexibility index (Phi) is 5.16. The molecule has 11 heteroatoms. The fraction of sp³-hybridized carbons (Fsp3) is 0.211. The smallest absolute Gasteiger partial charge is 0.277 e. The highest BCUT2D eigenvalue weighted by Crippen LogP contribution is 2.35. The molecule has 154 valence electrons. The molecule has 2 aromatic carbocycles. The Morgan fingerprint density at radius 3 is 2.73 bits per heavy atom. The maximum Gasteiger partial charge on any atom is 0.277 e. The third-order valence-corrected chi connectivity index (χ3v) is 5.47. The highest BCUT2D eigenvalue weighted by molar-refractivity contribution is 9.10. The maximum absolute atomic E-state index is 14.7. The number of nitrogens with zero attached hydrogens (tertiary/aromatic N) is 6. The first-order chi connectivity index (χ1) is 14.3. The molecule has 0 radical (unpaired) electrons. The summed E-state index contributed by atoms with van der Waals surface area (Å²) in [6.07, 6.45) is 2.59. The number of halogens is 3. The molecule has 2 aromatic heterocycles. The van der Waals surface area contributed by atoms with Crippen LogP contribution in [0.4, 0.5) is 8.78 Å². The van der Waals surface area contributed by atoms with Crippen LogP contribution in [0.25, 0.3) is 10.9 Å². The molecule has 30 heavy (non-hydrogen) atoms. The fourth-order valence-corrected chi connectivity index (χ4v) is 3.68. The van der Waals surface area contributed by atoms with Gasteiger partial charge in [0.05, 0.1) is 18.0 Å². The standard InChI is InChI=1S/C19H15BrF2N6O2/c1-11(28-18(29)14-4-2-12(20)6-17(14)25-26-28)19(30,8-27-10-23-9-24-27)15-5-3-13(21)7-16(15)22/h2-7,9-11,30H,8H2,1H3/t11-,19-/m1/s1. The van der Waals surface area contributed by atoms with Crippen molar-refractivity contribution in [2.24, 2.45) is 0 Å². The van der Waals surface area contributed by atoms with E-state index in [0.717, 1.165) is 21.3 Å². The van der Waals surface area contributed by atoms with Crippen molar-refractivity contribution in [1.82, 2.24) is 29.8 Å². The van der Waals surface area contributed by atoms with Gasteiger partial charge in [0.1, 0.15) is 35.4 Å². The molecule has 0 aliphatic carbocycles. The molecular formula is C19H15BrF2N6O2. The van der Waals surface area contributed by atoms with E-state index in [9.17, 15) is 18.7 Å². The molecule has 4 aromatic rings. The highest BCUT2D eigenvalue weighted by Gasteiger charge is 2.41. The topological polar surface area (TPSA) is 98.7 Å². The largest absolute Gasteiger partial charge is 0.381 e. The second-order valence-corrected chi connectivity index (χ2v) is 7.73. The first kappa shape index (κ1) is 20.2. The minimum Gasteiger partial charge on any atom is -0.381 e. The van der Waals surface area contributed by atoms with Crippen LogP contribution < -0.4 is 5.56 Å². The monoisotopic (exact) mass is 476 g/mol. The van der Waals surface area contributed by atoms with Gasteiger partial charge < -0.3 is 5.11 Å². The first-order valence-electron chi connectivity index (χ1n) is 8.84. The molecule has 2 heterocycles. The van der Waals surface area contributed by atoms with E-state index in [1.54, 1.807) is 18.2 Å². The average molecular weight is 477 g/mol. The quantitative estimate of drug-likeness (QED) is 0.475. The zero-order valence-electron chi connectivity index (χ0n) is 15.6. The van der Waals surface area contributed by atoms with Gasteiger partial charge in [0.25, 0.3) is 5.56 Å². The lowest BCUT2D eigenvalue weighted by atomic mass is 9.86. The maximum atomic E-state index is 14.7. The summed E-state index contributed by atoms with van der Waals surface area (Å²) in [4.78, 5) is 16.9. The molecule has 2 atom stereocenters. The van der Waals surface area contributed by atoms with Crippen LogP contribution in [0.3, 0.4) is 0 Å². The molecule has 0 aliphatic rings. The summed E-state index contributed by atoms with van der Waals surface area (Å²) < 4.78 is 31.1. The highest BCUT2D eigenvalue weighted by atomic mass is 79.9. The van der Waals surface area contributed by atoms with Crippen molar-refractivity contribution in [3.63, 3.8) is 0 Å². The number of benzene rings is 2. The van der Waals surface area contributed by atoms with Gasteiger partial charge in [-0.15, -0.1) is 5.10 Å². The Labute approximate surface area is 176 Å². The normalized spacial score (nSPS) is 14.6. The van der Waals surface area contributed by atoms with E-state index in [4.69, 9.17) is 0 Å². The summed E-state index contributed by atoms with van der Waals surface area (Å²) in [7, 11) is 0. The number of rotatable bonds is 5. The SMILES string of the molecule is C[C@@H](n1nnc2cc(Br)ccc2c1=O)[C@](O)(Cn1cncn1)c1ccc(F)cc1F. The summed E-state index contributed by atoms with van der Waals surface area (Å²) in [5, 5.41) is 23.8. The van der Waals surface area contributed by atoms with Crippen LogP contribution >= 0.6 is 15.9 Å². The molecule has 0 spiro atoms. The van der Waals surface area contributed by atoms with E-state index >= 15 is 0 Å². The molecule has 0 aliphatic heterocycles. The van der Waals surface area contributed by atoms with Crippen LogP contribution in [0.5, 0.6) is 0 Å². The van der Waals surface area contributed by atoms with E-state index < -0.39 is 28.8 Å². The first-order valence-corrected chi connectivity index (χ1v) is 9.64. The second-order valence-electron chi connectivity index (χ2n) is 6.82. The molecule has 8 nitrogen and oxygen atoms in total. The van der Waals surface area contributed by atoms with Crippen molar-refractivity contribution in [2.45, 2.75) is 25.1 Å². The Morgan fingerprint density at radius 2 is 2.03 bits per heavy atom. The lowest BCUT2D eigenvalue weighted by Gasteiger charge is -2.34.